The Hall–Kier alpha value is -2.74. The summed E-state index contributed by atoms with van der Waals surface area (Å²) < 4.78 is 0. The molecule has 24 heavy (non-hydrogen) atoms. The van der Waals surface area contributed by atoms with E-state index in [9.17, 15) is 14.4 Å². The van der Waals surface area contributed by atoms with Crippen LogP contribution in [-0.2, 0) is 4.79 Å². The van der Waals surface area contributed by atoms with Crippen molar-refractivity contribution < 1.29 is 19.5 Å². The highest BCUT2D eigenvalue weighted by atomic mass is 32.1. The fraction of sp³-hybridized carbons (Fsp3) is 0.250. The maximum atomic E-state index is 12.4. The van der Waals surface area contributed by atoms with Crippen LogP contribution in [0.25, 0.3) is 0 Å². The third-order valence-corrected chi connectivity index (χ3v) is 4.43. The molecule has 0 saturated carbocycles. The summed E-state index contributed by atoms with van der Waals surface area (Å²) in [6.07, 6.45) is 1.27. The van der Waals surface area contributed by atoms with Gasteiger partial charge in [-0.3, -0.25) is 9.59 Å². The van der Waals surface area contributed by atoms with Crippen LogP contribution in [-0.4, -0.2) is 27.9 Å². The number of carboxylic acid groups (broad SMARTS) is 1. The summed E-state index contributed by atoms with van der Waals surface area (Å²) in [5.74, 6) is -1.59. The SMILES string of the molecule is CC(=O)Nc1cc(C(=O)NC(C)c2ncc(C(=O)O)s2)ccc1C. The predicted molar refractivity (Wildman–Crippen MR) is 90.4 cm³/mol. The fourth-order valence-corrected chi connectivity index (χ4v) is 2.78. The zero-order valence-corrected chi connectivity index (χ0v) is 14.2. The Labute approximate surface area is 142 Å². The van der Waals surface area contributed by atoms with Crippen molar-refractivity contribution in [3.63, 3.8) is 0 Å². The maximum absolute atomic E-state index is 12.4. The number of nitrogens with one attached hydrogen (secondary N) is 2. The summed E-state index contributed by atoms with van der Waals surface area (Å²) in [5.41, 5.74) is 1.82. The molecule has 1 aromatic heterocycles. The molecule has 0 aliphatic rings. The van der Waals surface area contributed by atoms with E-state index in [-0.39, 0.29) is 16.7 Å². The molecule has 1 aromatic carbocycles. The number of carboxylic acids is 1. The van der Waals surface area contributed by atoms with E-state index in [0.29, 0.717) is 16.3 Å². The molecule has 1 atom stereocenters. The minimum absolute atomic E-state index is 0.120. The van der Waals surface area contributed by atoms with E-state index < -0.39 is 12.0 Å². The molecule has 7 nitrogen and oxygen atoms in total. The second kappa shape index (κ2) is 7.22. The molecule has 2 rings (SSSR count). The summed E-state index contributed by atoms with van der Waals surface area (Å²) in [6, 6.07) is 4.58. The number of benzene rings is 1. The maximum Gasteiger partial charge on any atom is 0.347 e. The van der Waals surface area contributed by atoms with Gasteiger partial charge in [-0.05, 0) is 31.5 Å². The molecule has 2 aromatic rings. The number of thiazole rings is 1. The van der Waals surface area contributed by atoms with Gasteiger partial charge in [-0.1, -0.05) is 6.07 Å². The standard InChI is InChI=1S/C16H17N3O4S/c1-8-4-5-11(6-12(8)19-10(3)20)14(21)18-9(2)15-17-7-13(24-15)16(22)23/h4-7,9H,1-3H3,(H,18,21)(H,19,20)(H,22,23). The third-order valence-electron chi connectivity index (χ3n) is 3.26. The van der Waals surface area contributed by atoms with Crippen LogP contribution >= 0.6 is 11.3 Å². The number of carbonyl (C=O) groups excluding carboxylic acids is 2. The van der Waals surface area contributed by atoms with Crippen LogP contribution in [0.3, 0.4) is 0 Å². The zero-order chi connectivity index (χ0) is 17.9. The number of aromatic carboxylic acids is 1. The molecule has 1 unspecified atom stereocenters. The number of anilines is 1. The molecule has 0 fully saturated rings. The van der Waals surface area contributed by atoms with Gasteiger partial charge < -0.3 is 15.7 Å². The number of hydrogen-bond acceptors (Lipinski definition) is 5. The van der Waals surface area contributed by atoms with E-state index in [0.717, 1.165) is 16.9 Å². The molecule has 126 valence electrons. The Balaban J connectivity index is 2.13. The number of hydrogen-bond donors (Lipinski definition) is 3. The fourth-order valence-electron chi connectivity index (χ4n) is 2.02. The van der Waals surface area contributed by atoms with Crippen molar-refractivity contribution in [3.8, 4) is 0 Å². The van der Waals surface area contributed by atoms with E-state index in [4.69, 9.17) is 5.11 Å². The molecule has 1 heterocycles. The van der Waals surface area contributed by atoms with E-state index in [1.54, 1.807) is 25.1 Å². The second-order valence-corrected chi connectivity index (χ2v) is 6.34. The van der Waals surface area contributed by atoms with Crippen LogP contribution in [0.1, 0.15) is 50.5 Å². The van der Waals surface area contributed by atoms with Crippen molar-refractivity contribution in [3.05, 3.63) is 45.4 Å². The zero-order valence-electron chi connectivity index (χ0n) is 13.4. The molecule has 0 spiro atoms. The molecule has 0 radical (unpaired) electrons. The van der Waals surface area contributed by atoms with Crippen LogP contribution in [0, 0.1) is 6.92 Å². The number of aromatic nitrogens is 1. The lowest BCUT2D eigenvalue weighted by molar-refractivity contribution is -0.114. The van der Waals surface area contributed by atoms with Crippen LogP contribution in [0.5, 0.6) is 0 Å². The largest absolute Gasteiger partial charge is 0.477 e. The van der Waals surface area contributed by atoms with Gasteiger partial charge in [0.05, 0.1) is 12.2 Å². The van der Waals surface area contributed by atoms with Gasteiger partial charge in [0.15, 0.2) is 0 Å². The monoisotopic (exact) mass is 347 g/mol. The summed E-state index contributed by atoms with van der Waals surface area (Å²) in [4.78, 5) is 38.6. The minimum Gasteiger partial charge on any atom is -0.477 e. The third kappa shape index (κ3) is 4.17. The number of nitrogens with zero attached hydrogens (tertiary/aromatic N) is 1. The first kappa shape index (κ1) is 17.6. The van der Waals surface area contributed by atoms with Crippen molar-refractivity contribution >= 4 is 34.8 Å². The van der Waals surface area contributed by atoms with Gasteiger partial charge in [0.1, 0.15) is 9.88 Å². The molecule has 8 heteroatoms. The van der Waals surface area contributed by atoms with Crippen LogP contribution in [0.2, 0.25) is 0 Å². The van der Waals surface area contributed by atoms with Gasteiger partial charge in [-0.15, -0.1) is 11.3 Å². The Morgan fingerprint density at radius 2 is 2.00 bits per heavy atom. The highest BCUT2D eigenvalue weighted by Gasteiger charge is 2.17. The molecular weight excluding hydrogens is 330 g/mol. The molecular formula is C16H17N3O4S. The van der Waals surface area contributed by atoms with Gasteiger partial charge >= 0.3 is 5.97 Å². The molecule has 3 N–H and O–H groups in total. The molecule has 0 saturated heterocycles. The Kier molecular flexibility index (Phi) is 5.30. The van der Waals surface area contributed by atoms with Crippen molar-refractivity contribution in [2.24, 2.45) is 0 Å². The van der Waals surface area contributed by atoms with E-state index in [1.807, 2.05) is 6.92 Å². The lowest BCUT2D eigenvalue weighted by atomic mass is 10.1. The first-order valence-corrected chi connectivity index (χ1v) is 7.97. The Morgan fingerprint density at radius 1 is 1.29 bits per heavy atom. The number of rotatable bonds is 5. The van der Waals surface area contributed by atoms with Gasteiger partial charge in [0.25, 0.3) is 5.91 Å². The van der Waals surface area contributed by atoms with Crippen LogP contribution in [0.4, 0.5) is 5.69 Å². The van der Waals surface area contributed by atoms with Gasteiger partial charge in [0, 0.05) is 18.2 Å². The summed E-state index contributed by atoms with van der Waals surface area (Å²) >= 11 is 1.02. The second-order valence-electron chi connectivity index (χ2n) is 5.27. The lowest BCUT2D eigenvalue weighted by Crippen LogP contribution is -2.26. The van der Waals surface area contributed by atoms with E-state index >= 15 is 0 Å². The summed E-state index contributed by atoms with van der Waals surface area (Å²) in [6.45, 7) is 4.96. The first-order valence-electron chi connectivity index (χ1n) is 7.16. The first-order chi connectivity index (χ1) is 11.3. The van der Waals surface area contributed by atoms with Crippen molar-refractivity contribution in [1.29, 1.82) is 0 Å². The molecule has 0 bridgehead atoms. The summed E-state index contributed by atoms with van der Waals surface area (Å²) in [7, 11) is 0. The Bertz CT molecular complexity index is 800. The quantitative estimate of drug-likeness (QED) is 0.770. The van der Waals surface area contributed by atoms with Gasteiger partial charge in [-0.25, -0.2) is 9.78 Å². The highest BCUT2D eigenvalue weighted by Crippen LogP contribution is 2.21. The number of amides is 2. The topological polar surface area (TPSA) is 108 Å². The van der Waals surface area contributed by atoms with Crippen LogP contribution in [0.15, 0.2) is 24.4 Å². The van der Waals surface area contributed by atoms with Gasteiger partial charge in [-0.2, -0.15) is 0 Å². The van der Waals surface area contributed by atoms with Crippen molar-refractivity contribution in [2.45, 2.75) is 26.8 Å². The molecule has 2 amide bonds. The van der Waals surface area contributed by atoms with Crippen molar-refractivity contribution in [1.82, 2.24) is 10.3 Å². The van der Waals surface area contributed by atoms with E-state index in [1.165, 1.54) is 13.1 Å². The van der Waals surface area contributed by atoms with E-state index in [2.05, 4.69) is 15.6 Å². The lowest BCUT2D eigenvalue weighted by Gasteiger charge is -2.13. The number of aryl methyl sites for hydroxylation is 1. The smallest absolute Gasteiger partial charge is 0.347 e. The number of carbonyl (C=O) groups is 3. The minimum atomic E-state index is -1.05. The highest BCUT2D eigenvalue weighted by molar-refractivity contribution is 7.13. The Morgan fingerprint density at radius 3 is 2.58 bits per heavy atom. The average Bonchev–Trinajstić information content (AvgIpc) is 2.99. The molecule has 0 aliphatic carbocycles. The van der Waals surface area contributed by atoms with Crippen molar-refractivity contribution in [2.75, 3.05) is 5.32 Å². The average molecular weight is 347 g/mol. The normalized spacial score (nSPS) is 11.6. The summed E-state index contributed by atoms with van der Waals surface area (Å²) in [5, 5.41) is 14.9. The van der Waals surface area contributed by atoms with Gasteiger partial charge in [0.2, 0.25) is 5.91 Å². The molecule has 0 aliphatic heterocycles. The van der Waals surface area contributed by atoms with Crippen LogP contribution < -0.4 is 10.6 Å². The predicted octanol–water partition coefficient (Wildman–Crippen LogP) is 2.60.